The zero-order chi connectivity index (χ0) is 24.4. The van der Waals surface area contributed by atoms with Gasteiger partial charge in [-0.2, -0.15) is 0 Å². The predicted molar refractivity (Wildman–Crippen MR) is 140 cm³/mol. The maximum atomic E-state index is 11.5. The van der Waals surface area contributed by atoms with Crippen LogP contribution < -0.4 is 0 Å². The molecule has 0 aliphatic heterocycles. The summed E-state index contributed by atoms with van der Waals surface area (Å²) in [6.45, 7) is 20.1. The van der Waals surface area contributed by atoms with Crippen LogP contribution >= 0.6 is 0 Å². The molecule has 0 aromatic heterocycles. The Morgan fingerprint density at radius 2 is 1.69 bits per heavy atom. The lowest BCUT2D eigenvalue weighted by Gasteiger charge is -2.42. The molecule has 0 spiro atoms. The van der Waals surface area contributed by atoms with E-state index in [4.69, 9.17) is 9.16 Å². The van der Waals surface area contributed by atoms with E-state index in [2.05, 4.69) is 66.7 Å². The first-order chi connectivity index (χ1) is 15.0. The van der Waals surface area contributed by atoms with Gasteiger partial charge in [0.2, 0.25) is 0 Å². The lowest BCUT2D eigenvalue weighted by atomic mass is 9.71. The molecule has 0 aromatic rings. The molecule has 0 aromatic carbocycles. The van der Waals surface area contributed by atoms with E-state index in [1.165, 1.54) is 40.9 Å². The molecule has 0 fully saturated rings. The number of allylic oxidation sites excluding steroid dienone is 8. The molecule has 1 atom stereocenters. The van der Waals surface area contributed by atoms with Gasteiger partial charge in [0.1, 0.15) is 0 Å². The monoisotopic (exact) mass is 458 g/mol. The molecule has 0 amide bonds. The van der Waals surface area contributed by atoms with Gasteiger partial charge in [-0.3, -0.25) is 0 Å². The smallest absolute Gasteiger partial charge is 0.330 e. The molecule has 0 radical (unpaired) electrons. The van der Waals surface area contributed by atoms with Crippen LogP contribution in [0.5, 0.6) is 0 Å². The molecule has 0 heterocycles. The lowest BCUT2D eigenvalue weighted by molar-refractivity contribution is -0.137. The maximum absolute atomic E-state index is 11.5. The highest BCUT2D eigenvalue weighted by atomic mass is 28.4. The summed E-state index contributed by atoms with van der Waals surface area (Å²) < 4.78 is 11.8. The minimum atomic E-state index is -1.59. The molecular formula is C28H46O3Si. The van der Waals surface area contributed by atoms with Gasteiger partial charge in [0.05, 0.1) is 6.61 Å². The summed E-state index contributed by atoms with van der Waals surface area (Å²) >= 11 is 0. The molecule has 180 valence electrons. The summed E-state index contributed by atoms with van der Waals surface area (Å²) in [5.74, 6) is -0.295. The van der Waals surface area contributed by atoms with Crippen molar-refractivity contribution in [3.63, 3.8) is 0 Å². The van der Waals surface area contributed by atoms with Gasteiger partial charge < -0.3 is 9.16 Å². The molecule has 1 unspecified atom stereocenters. The second kappa shape index (κ2) is 13.2. The number of carbonyl (C=O) groups is 1. The standard InChI is InChI=1S/C28H46O3Si/c1-10-30-27(29)19-23(6)16-14-15-22(5)17-18-26-24(7)20-25(21-28(26,8)9)31-32(11-2,12-3)13-4/h14-19,25H,10-13,20-21H2,1-9H3/b16-14+,18-17+,22-15+,23-19+. The van der Waals surface area contributed by atoms with Gasteiger partial charge in [-0.05, 0) is 75.2 Å². The fourth-order valence-corrected chi connectivity index (χ4v) is 7.50. The third-order valence-corrected chi connectivity index (χ3v) is 11.4. The van der Waals surface area contributed by atoms with Crippen molar-refractivity contribution < 1.29 is 14.0 Å². The molecule has 4 heteroatoms. The third-order valence-electron chi connectivity index (χ3n) is 6.67. The molecule has 3 nitrogen and oxygen atoms in total. The van der Waals surface area contributed by atoms with Crippen molar-refractivity contribution in [3.05, 3.63) is 58.7 Å². The van der Waals surface area contributed by atoms with Crippen LogP contribution in [0.4, 0.5) is 0 Å². The van der Waals surface area contributed by atoms with Crippen molar-refractivity contribution in [2.45, 2.75) is 99.4 Å². The zero-order valence-corrected chi connectivity index (χ0v) is 23.0. The van der Waals surface area contributed by atoms with Gasteiger partial charge >= 0.3 is 5.97 Å². The van der Waals surface area contributed by atoms with Crippen LogP contribution in [0, 0.1) is 5.41 Å². The van der Waals surface area contributed by atoms with E-state index >= 15 is 0 Å². The van der Waals surface area contributed by atoms with Crippen molar-refractivity contribution in [1.82, 2.24) is 0 Å². The van der Waals surface area contributed by atoms with E-state index in [0.29, 0.717) is 12.7 Å². The third kappa shape index (κ3) is 8.71. The van der Waals surface area contributed by atoms with Crippen molar-refractivity contribution >= 4 is 14.3 Å². The topological polar surface area (TPSA) is 35.5 Å². The fourth-order valence-electron chi connectivity index (χ4n) is 4.63. The Labute approximate surface area is 198 Å². The van der Waals surface area contributed by atoms with E-state index in [0.717, 1.165) is 18.4 Å². The highest BCUT2D eigenvalue weighted by molar-refractivity contribution is 6.73. The summed E-state index contributed by atoms with van der Waals surface area (Å²) in [6.07, 6.45) is 14.4. The van der Waals surface area contributed by atoms with Crippen LogP contribution in [0.2, 0.25) is 18.1 Å². The molecule has 1 aliphatic rings. The van der Waals surface area contributed by atoms with Crippen molar-refractivity contribution in [2.24, 2.45) is 5.41 Å². The molecular weight excluding hydrogens is 412 g/mol. The van der Waals surface area contributed by atoms with E-state index in [9.17, 15) is 4.79 Å². The number of hydrogen-bond donors (Lipinski definition) is 0. The van der Waals surface area contributed by atoms with E-state index in [-0.39, 0.29) is 11.4 Å². The van der Waals surface area contributed by atoms with Gasteiger partial charge in [0, 0.05) is 12.2 Å². The first-order valence-corrected chi connectivity index (χ1v) is 14.8. The predicted octanol–water partition coefficient (Wildman–Crippen LogP) is 8.08. The summed E-state index contributed by atoms with van der Waals surface area (Å²) in [5, 5.41) is 0. The Kier molecular flexibility index (Phi) is 11.7. The van der Waals surface area contributed by atoms with Gasteiger partial charge in [0.15, 0.2) is 8.32 Å². The number of hydrogen-bond acceptors (Lipinski definition) is 3. The average molecular weight is 459 g/mol. The van der Waals surface area contributed by atoms with Crippen LogP contribution in [-0.2, 0) is 14.0 Å². The second-order valence-electron chi connectivity index (χ2n) is 9.71. The van der Waals surface area contributed by atoms with Gasteiger partial charge in [-0.15, -0.1) is 0 Å². The second-order valence-corrected chi connectivity index (χ2v) is 14.4. The van der Waals surface area contributed by atoms with Crippen molar-refractivity contribution in [2.75, 3.05) is 6.61 Å². The highest BCUT2D eigenvalue weighted by Crippen LogP contribution is 2.43. The first-order valence-electron chi connectivity index (χ1n) is 12.3. The minimum Gasteiger partial charge on any atom is -0.463 e. The highest BCUT2D eigenvalue weighted by Gasteiger charge is 2.38. The SMILES string of the molecule is CCOC(=O)/C=C(C)/C=C/C=C(C)/C=C/C1=C(C)CC(O[Si](CC)(CC)CC)CC1(C)C. The lowest BCUT2D eigenvalue weighted by Crippen LogP contribution is -2.43. The maximum Gasteiger partial charge on any atom is 0.330 e. The Balaban J connectivity index is 2.91. The Bertz CT molecular complexity index is 768. The van der Waals surface area contributed by atoms with Crippen LogP contribution in [0.1, 0.15) is 75.2 Å². The number of carbonyl (C=O) groups excluding carboxylic acids is 1. The molecule has 0 saturated carbocycles. The number of ether oxygens (including phenoxy) is 1. The average Bonchev–Trinajstić information content (AvgIpc) is 2.71. The van der Waals surface area contributed by atoms with Crippen LogP contribution in [0.25, 0.3) is 0 Å². The molecule has 32 heavy (non-hydrogen) atoms. The normalized spacial score (nSPS) is 20.5. The van der Waals surface area contributed by atoms with E-state index in [1.807, 2.05) is 26.0 Å². The van der Waals surface area contributed by atoms with Gasteiger partial charge in [-0.1, -0.05) is 76.1 Å². The number of rotatable bonds is 11. The zero-order valence-electron chi connectivity index (χ0n) is 22.0. The molecule has 1 aliphatic carbocycles. The summed E-state index contributed by atoms with van der Waals surface area (Å²) in [4.78, 5) is 11.5. The minimum absolute atomic E-state index is 0.105. The van der Waals surface area contributed by atoms with Crippen LogP contribution in [0.3, 0.4) is 0 Å². The fraction of sp³-hybridized carbons (Fsp3) is 0.607. The van der Waals surface area contributed by atoms with Crippen molar-refractivity contribution in [3.8, 4) is 0 Å². The Morgan fingerprint density at radius 1 is 1.06 bits per heavy atom. The quantitative estimate of drug-likeness (QED) is 0.136. The van der Waals surface area contributed by atoms with Gasteiger partial charge in [-0.25, -0.2) is 4.79 Å². The summed E-state index contributed by atoms with van der Waals surface area (Å²) in [7, 11) is -1.59. The molecule has 1 rings (SSSR count). The number of esters is 1. The first kappa shape index (κ1) is 28.4. The van der Waals surface area contributed by atoms with Crippen LogP contribution in [-0.4, -0.2) is 27.0 Å². The summed E-state index contributed by atoms with van der Waals surface area (Å²) in [6, 6.07) is 3.62. The van der Waals surface area contributed by atoms with E-state index in [1.54, 1.807) is 0 Å². The van der Waals surface area contributed by atoms with E-state index < -0.39 is 8.32 Å². The summed E-state index contributed by atoms with van der Waals surface area (Å²) in [5.41, 5.74) is 5.04. The van der Waals surface area contributed by atoms with Crippen LogP contribution in [0.15, 0.2) is 58.7 Å². The molecule has 0 saturated heterocycles. The Hall–Kier alpha value is -1.65. The Morgan fingerprint density at radius 3 is 2.22 bits per heavy atom. The molecule has 0 bridgehead atoms. The van der Waals surface area contributed by atoms with Crippen molar-refractivity contribution in [1.29, 1.82) is 0 Å². The van der Waals surface area contributed by atoms with Gasteiger partial charge in [0.25, 0.3) is 0 Å². The molecule has 0 N–H and O–H groups in total. The largest absolute Gasteiger partial charge is 0.463 e.